The van der Waals surface area contributed by atoms with E-state index in [4.69, 9.17) is 5.73 Å². The molecular formula is C14H24N4. The lowest BCUT2D eigenvalue weighted by Gasteiger charge is -2.50. The van der Waals surface area contributed by atoms with Gasteiger partial charge in [0.15, 0.2) is 0 Å². The molecule has 0 aliphatic heterocycles. The third-order valence-electron chi connectivity index (χ3n) is 4.11. The fourth-order valence-corrected chi connectivity index (χ4v) is 2.31. The van der Waals surface area contributed by atoms with E-state index in [2.05, 4.69) is 43.0 Å². The van der Waals surface area contributed by atoms with Crippen LogP contribution in [0.3, 0.4) is 0 Å². The molecule has 0 aromatic carbocycles. The van der Waals surface area contributed by atoms with Crippen molar-refractivity contribution >= 4 is 5.95 Å². The Kier molecular flexibility index (Phi) is 3.32. The van der Waals surface area contributed by atoms with Gasteiger partial charge in [-0.05, 0) is 25.3 Å². The first-order valence-corrected chi connectivity index (χ1v) is 6.68. The van der Waals surface area contributed by atoms with Gasteiger partial charge in [-0.1, -0.05) is 27.7 Å². The monoisotopic (exact) mass is 248 g/mol. The van der Waals surface area contributed by atoms with Crippen molar-refractivity contribution < 1.29 is 0 Å². The minimum absolute atomic E-state index is 0.116. The van der Waals surface area contributed by atoms with Crippen LogP contribution in [0.2, 0.25) is 0 Å². The summed E-state index contributed by atoms with van der Waals surface area (Å²) in [6.45, 7) is 10.7. The van der Waals surface area contributed by atoms with Crippen LogP contribution >= 0.6 is 0 Å². The van der Waals surface area contributed by atoms with Crippen molar-refractivity contribution in [3.63, 3.8) is 0 Å². The Morgan fingerprint density at radius 3 is 2.56 bits per heavy atom. The number of hydrogen-bond donors (Lipinski definition) is 2. The van der Waals surface area contributed by atoms with Crippen molar-refractivity contribution in [1.29, 1.82) is 0 Å². The van der Waals surface area contributed by atoms with Crippen LogP contribution in [0.1, 0.15) is 51.4 Å². The molecule has 1 aromatic rings. The zero-order valence-corrected chi connectivity index (χ0v) is 12.0. The number of hydrogen-bond acceptors (Lipinski definition) is 4. The van der Waals surface area contributed by atoms with E-state index in [-0.39, 0.29) is 11.5 Å². The third-order valence-corrected chi connectivity index (χ3v) is 4.11. The number of aromatic nitrogens is 2. The van der Waals surface area contributed by atoms with Gasteiger partial charge < -0.3 is 11.1 Å². The van der Waals surface area contributed by atoms with E-state index in [0.717, 1.165) is 23.8 Å². The lowest BCUT2D eigenvalue weighted by atomic mass is 9.63. The van der Waals surface area contributed by atoms with Crippen molar-refractivity contribution in [3.05, 3.63) is 17.5 Å². The summed E-state index contributed by atoms with van der Waals surface area (Å²) in [7, 11) is 0. The van der Waals surface area contributed by atoms with Crippen LogP contribution in [-0.2, 0) is 0 Å². The lowest BCUT2D eigenvalue weighted by Crippen LogP contribution is -2.61. The number of nitrogens with zero attached hydrogens (tertiary/aromatic N) is 2. The average Bonchev–Trinajstić information content (AvgIpc) is 2.28. The summed E-state index contributed by atoms with van der Waals surface area (Å²) in [5, 5.41) is 3.43. The van der Waals surface area contributed by atoms with Gasteiger partial charge in [-0.25, -0.2) is 9.97 Å². The van der Waals surface area contributed by atoms with Crippen molar-refractivity contribution in [2.45, 2.75) is 59.0 Å². The predicted octanol–water partition coefficient (Wildman–Crippen LogP) is 2.45. The Morgan fingerprint density at radius 1 is 1.39 bits per heavy atom. The van der Waals surface area contributed by atoms with Gasteiger partial charge in [0, 0.05) is 28.9 Å². The molecule has 2 rings (SSSR count). The molecule has 3 N–H and O–H groups in total. The molecule has 0 bridgehead atoms. The summed E-state index contributed by atoms with van der Waals surface area (Å²) in [6, 6.07) is 2.69. The van der Waals surface area contributed by atoms with Crippen molar-refractivity contribution in [2.24, 2.45) is 11.1 Å². The number of anilines is 1. The predicted molar refractivity (Wildman–Crippen MR) is 74.6 cm³/mol. The molecule has 100 valence electrons. The van der Waals surface area contributed by atoms with E-state index in [1.165, 1.54) is 0 Å². The summed E-state index contributed by atoms with van der Waals surface area (Å²) in [4.78, 5) is 9.05. The molecule has 18 heavy (non-hydrogen) atoms. The number of nitrogens with two attached hydrogens (primary N) is 1. The molecule has 1 fully saturated rings. The van der Waals surface area contributed by atoms with E-state index in [9.17, 15) is 0 Å². The van der Waals surface area contributed by atoms with Crippen molar-refractivity contribution in [1.82, 2.24) is 9.97 Å². The summed E-state index contributed by atoms with van der Waals surface area (Å²) < 4.78 is 0. The molecule has 0 spiro atoms. The number of nitrogens with one attached hydrogen (secondary N) is 1. The first-order valence-electron chi connectivity index (χ1n) is 6.68. The van der Waals surface area contributed by atoms with E-state index >= 15 is 0 Å². The highest BCUT2D eigenvalue weighted by Crippen LogP contribution is 2.40. The molecule has 1 heterocycles. The highest BCUT2D eigenvalue weighted by atomic mass is 15.1. The van der Waals surface area contributed by atoms with Gasteiger partial charge >= 0.3 is 0 Å². The minimum atomic E-state index is 0.116. The largest absolute Gasteiger partial charge is 0.351 e. The normalized spacial score (nSPS) is 25.9. The molecule has 0 radical (unpaired) electrons. The van der Waals surface area contributed by atoms with Crippen molar-refractivity contribution in [2.75, 3.05) is 5.32 Å². The zero-order chi connectivity index (χ0) is 13.5. The standard InChI is InChI=1S/C14H24N4/c1-8(2)10-6-9(3)16-13(17-10)18-12-7-11(15)14(12,4)5/h6,8,11-12H,7,15H2,1-5H3,(H,16,17,18). The average molecular weight is 248 g/mol. The molecule has 0 amide bonds. The van der Waals surface area contributed by atoms with Crippen LogP contribution in [0.25, 0.3) is 0 Å². The molecule has 0 saturated heterocycles. The molecule has 4 heteroatoms. The quantitative estimate of drug-likeness (QED) is 0.862. The zero-order valence-electron chi connectivity index (χ0n) is 12.0. The van der Waals surface area contributed by atoms with Crippen LogP contribution in [0.4, 0.5) is 5.95 Å². The lowest BCUT2D eigenvalue weighted by molar-refractivity contribution is 0.116. The van der Waals surface area contributed by atoms with Crippen LogP contribution in [-0.4, -0.2) is 22.1 Å². The summed E-state index contributed by atoms with van der Waals surface area (Å²) in [5.41, 5.74) is 8.24. The van der Waals surface area contributed by atoms with E-state index < -0.39 is 0 Å². The van der Waals surface area contributed by atoms with Crippen LogP contribution in [0, 0.1) is 12.3 Å². The fraction of sp³-hybridized carbons (Fsp3) is 0.714. The van der Waals surface area contributed by atoms with Gasteiger partial charge in [0.1, 0.15) is 0 Å². The van der Waals surface area contributed by atoms with Gasteiger partial charge in [-0.15, -0.1) is 0 Å². The van der Waals surface area contributed by atoms with Gasteiger partial charge in [0.2, 0.25) is 5.95 Å². The Morgan fingerprint density at radius 2 is 2.06 bits per heavy atom. The molecule has 1 aromatic heterocycles. The molecule has 2 unspecified atom stereocenters. The highest BCUT2D eigenvalue weighted by molar-refractivity contribution is 5.33. The molecule has 2 atom stereocenters. The Hall–Kier alpha value is -1.16. The van der Waals surface area contributed by atoms with Gasteiger partial charge in [0.05, 0.1) is 0 Å². The Labute approximate surface area is 109 Å². The second kappa shape index (κ2) is 4.50. The SMILES string of the molecule is Cc1cc(C(C)C)nc(NC2CC(N)C2(C)C)n1. The fourth-order valence-electron chi connectivity index (χ4n) is 2.31. The van der Waals surface area contributed by atoms with E-state index in [1.54, 1.807) is 0 Å². The molecule has 1 saturated carbocycles. The highest BCUT2D eigenvalue weighted by Gasteiger charge is 2.46. The molecule has 1 aliphatic rings. The molecule has 1 aliphatic carbocycles. The maximum atomic E-state index is 6.03. The topological polar surface area (TPSA) is 63.8 Å². The second-order valence-electron chi connectivity index (χ2n) is 6.27. The summed E-state index contributed by atoms with van der Waals surface area (Å²) >= 11 is 0. The van der Waals surface area contributed by atoms with Gasteiger partial charge in [-0.3, -0.25) is 0 Å². The smallest absolute Gasteiger partial charge is 0.223 e. The maximum Gasteiger partial charge on any atom is 0.223 e. The second-order valence-corrected chi connectivity index (χ2v) is 6.27. The first-order chi connectivity index (χ1) is 8.30. The maximum absolute atomic E-state index is 6.03. The van der Waals surface area contributed by atoms with E-state index in [0.29, 0.717) is 12.0 Å². The number of rotatable bonds is 3. The Bertz CT molecular complexity index is 439. The molecular weight excluding hydrogens is 224 g/mol. The summed E-state index contributed by atoms with van der Waals surface area (Å²) in [5.74, 6) is 1.16. The van der Waals surface area contributed by atoms with Crippen LogP contribution in [0.15, 0.2) is 6.07 Å². The van der Waals surface area contributed by atoms with E-state index in [1.807, 2.05) is 13.0 Å². The molecule has 4 nitrogen and oxygen atoms in total. The first kappa shape index (κ1) is 13.3. The minimum Gasteiger partial charge on any atom is -0.351 e. The summed E-state index contributed by atoms with van der Waals surface area (Å²) in [6.07, 6.45) is 0.987. The van der Waals surface area contributed by atoms with Gasteiger partial charge in [-0.2, -0.15) is 0 Å². The van der Waals surface area contributed by atoms with Crippen LogP contribution in [0.5, 0.6) is 0 Å². The number of aryl methyl sites for hydroxylation is 1. The van der Waals surface area contributed by atoms with Crippen molar-refractivity contribution in [3.8, 4) is 0 Å². The van der Waals surface area contributed by atoms with Gasteiger partial charge in [0.25, 0.3) is 0 Å². The third kappa shape index (κ3) is 2.34. The van der Waals surface area contributed by atoms with Crippen LogP contribution < -0.4 is 11.1 Å². The Balaban J connectivity index is 2.15.